The molecule has 0 aliphatic carbocycles. The minimum Gasteiger partial charge on any atom is -0.344 e. The van der Waals surface area contributed by atoms with Crippen LogP contribution in [0, 0.1) is 0 Å². The maximum absolute atomic E-state index is 12.8. The third-order valence-corrected chi connectivity index (χ3v) is 4.30. The normalized spacial score (nSPS) is 11.0. The quantitative estimate of drug-likeness (QED) is 0.421. The smallest absolute Gasteiger partial charge is 0.279 e. The van der Waals surface area contributed by atoms with Crippen LogP contribution in [0.15, 0.2) is 59.1 Å². The van der Waals surface area contributed by atoms with Crippen molar-refractivity contribution >= 4 is 22.8 Å². The third-order valence-electron chi connectivity index (χ3n) is 3.62. The van der Waals surface area contributed by atoms with Crippen molar-refractivity contribution in [1.29, 1.82) is 0 Å². The van der Waals surface area contributed by atoms with Crippen molar-refractivity contribution < 1.29 is 0 Å². The van der Waals surface area contributed by atoms with Gasteiger partial charge in [0, 0.05) is 25.4 Å². The van der Waals surface area contributed by atoms with E-state index in [-0.39, 0.29) is 5.56 Å². The molecule has 5 heteroatoms. The first-order valence-electron chi connectivity index (χ1n) is 6.97. The SMILES string of the molecule is C=CCn1c(SC)nc2c(-c3ccccc3)cn(C)c2c1=O. The highest BCUT2D eigenvalue weighted by Gasteiger charge is 2.17. The molecule has 0 spiro atoms. The van der Waals surface area contributed by atoms with E-state index >= 15 is 0 Å². The van der Waals surface area contributed by atoms with Crippen LogP contribution in [0.3, 0.4) is 0 Å². The molecule has 22 heavy (non-hydrogen) atoms. The van der Waals surface area contributed by atoms with Gasteiger partial charge in [-0.2, -0.15) is 0 Å². The average Bonchev–Trinajstić information content (AvgIpc) is 2.87. The van der Waals surface area contributed by atoms with Crippen LogP contribution in [0.25, 0.3) is 22.2 Å². The van der Waals surface area contributed by atoms with Gasteiger partial charge in [0.15, 0.2) is 5.16 Å². The minimum absolute atomic E-state index is 0.0288. The lowest BCUT2D eigenvalue weighted by molar-refractivity contribution is 0.668. The van der Waals surface area contributed by atoms with Crippen LogP contribution >= 0.6 is 11.8 Å². The molecular weight excluding hydrogens is 294 g/mol. The topological polar surface area (TPSA) is 39.8 Å². The molecule has 0 aliphatic rings. The molecule has 2 aromatic heterocycles. The monoisotopic (exact) mass is 311 g/mol. The number of benzene rings is 1. The fourth-order valence-corrected chi connectivity index (χ4v) is 3.19. The van der Waals surface area contributed by atoms with Crippen LogP contribution in [-0.2, 0) is 13.6 Å². The Hall–Kier alpha value is -2.27. The Kier molecular flexibility index (Phi) is 3.90. The maximum atomic E-state index is 12.8. The zero-order valence-electron chi connectivity index (χ0n) is 12.6. The summed E-state index contributed by atoms with van der Waals surface area (Å²) < 4.78 is 3.52. The molecule has 0 atom stereocenters. The molecular formula is C17H17N3OS. The highest BCUT2D eigenvalue weighted by molar-refractivity contribution is 7.98. The predicted molar refractivity (Wildman–Crippen MR) is 92.4 cm³/mol. The van der Waals surface area contributed by atoms with E-state index in [1.807, 2.05) is 54.4 Å². The van der Waals surface area contributed by atoms with Crippen molar-refractivity contribution in [1.82, 2.24) is 14.1 Å². The van der Waals surface area contributed by atoms with Gasteiger partial charge in [-0.05, 0) is 11.8 Å². The average molecular weight is 311 g/mol. The van der Waals surface area contributed by atoms with Crippen LogP contribution in [0.2, 0.25) is 0 Å². The first kappa shape index (κ1) is 14.7. The molecule has 0 saturated heterocycles. The van der Waals surface area contributed by atoms with E-state index < -0.39 is 0 Å². The Bertz CT molecular complexity index is 894. The number of rotatable bonds is 4. The summed E-state index contributed by atoms with van der Waals surface area (Å²) in [6.45, 7) is 4.19. The van der Waals surface area contributed by atoms with Crippen molar-refractivity contribution in [2.75, 3.05) is 6.26 Å². The first-order valence-corrected chi connectivity index (χ1v) is 8.20. The van der Waals surface area contributed by atoms with E-state index in [0.717, 1.165) is 16.6 Å². The number of allylic oxidation sites excluding steroid dienone is 1. The lowest BCUT2D eigenvalue weighted by atomic mass is 10.1. The van der Waals surface area contributed by atoms with Gasteiger partial charge in [-0.15, -0.1) is 6.58 Å². The number of aryl methyl sites for hydroxylation is 1. The summed E-state index contributed by atoms with van der Waals surface area (Å²) in [5.41, 5.74) is 3.39. The summed E-state index contributed by atoms with van der Waals surface area (Å²) in [6, 6.07) is 10.0. The van der Waals surface area contributed by atoms with Crippen LogP contribution < -0.4 is 5.56 Å². The van der Waals surface area contributed by atoms with Gasteiger partial charge in [0.1, 0.15) is 11.0 Å². The van der Waals surface area contributed by atoms with Crippen molar-refractivity contribution in [2.45, 2.75) is 11.7 Å². The van der Waals surface area contributed by atoms with Crippen molar-refractivity contribution in [3.63, 3.8) is 0 Å². The van der Waals surface area contributed by atoms with Crippen molar-refractivity contribution in [3.05, 3.63) is 59.5 Å². The third kappa shape index (κ3) is 2.27. The molecule has 0 fully saturated rings. The van der Waals surface area contributed by atoms with Crippen LogP contribution in [0.4, 0.5) is 0 Å². The summed E-state index contributed by atoms with van der Waals surface area (Å²) in [7, 11) is 1.88. The molecule has 112 valence electrons. The summed E-state index contributed by atoms with van der Waals surface area (Å²) in [5.74, 6) is 0. The Balaban J connectivity index is 2.38. The molecule has 0 N–H and O–H groups in total. The lowest BCUT2D eigenvalue weighted by Gasteiger charge is -2.09. The van der Waals surface area contributed by atoms with Gasteiger partial charge < -0.3 is 4.57 Å². The number of aromatic nitrogens is 3. The molecule has 0 amide bonds. The Morgan fingerprint density at radius 3 is 2.68 bits per heavy atom. The summed E-state index contributed by atoms with van der Waals surface area (Å²) in [4.78, 5) is 17.5. The second-order valence-corrected chi connectivity index (χ2v) is 5.79. The zero-order chi connectivity index (χ0) is 15.7. The van der Waals surface area contributed by atoms with Crippen molar-refractivity contribution in [3.8, 4) is 11.1 Å². The van der Waals surface area contributed by atoms with Gasteiger partial charge in [-0.1, -0.05) is 48.2 Å². The van der Waals surface area contributed by atoms with E-state index in [1.54, 1.807) is 10.6 Å². The van der Waals surface area contributed by atoms with E-state index in [1.165, 1.54) is 11.8 Å². The summed E-state index contributed by atoms with van der Waals surface area (Å²) in [5, 5.41) is 0.709. The van der Waals surface area contributed by atoms with Crippen LogP contribution in [0.1, 0.15) is 0 Å². The summed E-state index contributed by atoms with van der Waals surface area (Å²) >= 11 is 1.47. The van der Waals surface area contributed by atoms with Gasteiger partial charge in [0.25, 0.3) is 5.56 Å². The fraction of sp³-hybridized carbons (Fsp3) is 0.176. The standard InChI is InChI=1S/C17H17N3OS/c1-4-10-20-16(21)15-14(18-17(20)22-3)13(11-19(15)2)12-8-6-5-7-9-12/h4-9,11H,1,10H2,2-3H3. The molecule has 0 saturated carbocycles. The zero-order valence-corrected chi connectivity index (χ0v) is 13.4. The first-order chi connectivity index (χ1) is 10.7. The van der Waals surface area contributed by atoms with Gasteiger partial charge in [-0.25, -0.2) is 4.98 Å². The molecule has 1 aromatic carbocycles. The van der Waals surface area contributed by atoms with Crippen LogP contribution in [0.5, 0.6) is 0 Å². The fourth-order valence-electron chi connectivity index (χ4n) is 2.62. The molecule has 0 radical (unpaired) electrons. The molecule has 3 rings (SSSR count). The number of hydrogen-bond donors (Lipinski definition) is 0. The Morgan fingerprint density at radius 2 is 2.05 bits per heavy atom. The lowest BCUT2D eigenvalue weighted by Crippen LogP contribution is -2.23. The number of nitrogens with zero attached hydrogens (tertiary/aromatic N) is 3. The molecule has 0 bridgehead atoms. The molecule has 0 unspecified atom stereocenters. The maximum Gasteiger partial charge on any atom is 0.279 e. The van der Waals surface area contributed by atoms with Gasteiger partial charge in [-0.3, -0.25) is 9.36 Å². The number of thioether (sulfide) groups is 1. The van der Waals surface area contributed by atoms with Crippen LogP contribution in [-0.4, -0.2) is 20.4 Å². The summed E-state index contributed by atoms with van der Waals surface area (Å²) in [6.07, 6.45) is 5.62. The largest absolute Gasteiger partial charge is 0.344 e. The Labute approximate surface area is 133 Å². The van der Waals surface area contributed by atoms with E-state index in [2.05, 4.69) is 6.58 Å². The second-order valence-electron chi connectivity index (χ2n) is 5.02. The number of hydrogen-bond acceptors (Lipinski definition) is 3. The van der Waals surface area contributed by atoms with E-state index in [9.17, 15) is 4.79 Å². The highest BCUT2D eigenvalue weighted by Crippen LogP contribution is 2.28. The van der Waals surface area contributed by atoms with Crippen molar-refractivity contribution in [2.24, 2.45) is 7.05 Å². The Morgan fingerprint density at radius 1 is 1.32 bits per heavy atom. The number of fused-ring (bicyclic) bond motifs is 1. The molecule has 2 heterocycles. The van der Waals surface area contributed by atoms with Gasteiger partial charge >= 0.3 is 0 Å². The second kappa shape index (κ2) is 5.85. The molecule has 4 nitrogen and oxygen atoms in total. The minimum atomic E-state index is -0.0288. The highest BCUT2D eigenvalue weighted by atomic mass is 32.2. The van der Waals surface area contributed by atoms with E-state index in [4.69, 9.17) is 4.98 Å². The van der Waals surface area contributed by atoms with E-state index in [0.29, 0.717) is 17.2 Å². The molecule has 3 aromatic rings. The van der Waals surface area contributed by atoms with Gasteiger partial charge in [0.05, 0.1) is 0 Å². The van der Waals surface area contributed by atoms with Gasteiger partial charge in [0.2, 0.25) is 0 Å². The molecule has 0 aliphatic heterocycles. The predicted octanol–water partition coefficient (Wildman–Crippen LogP) is 3.31.